The summed E-state index contributed by atoms with van der Waals surface area (Å²) in [7, 11) is 0. The summed E-state index contributed by atoms with van der Waals surface area (Å²) < 4.78 is 60.7. The van der Waals surface area contributed by atoms with Crippen LogP contribution >= 0.6 is 0 Å². The second kappa shape index (κ2) is 43.3. The number of hydrogen-bond donors (Lipinski definition) is 0. The summed E-state index contributed by atoms with van der Waals surface area (Å²) in [5.74, 6) is 2.84. The predicted molar refractivity (Wildman–Crippen MR) is 361 cm³/mol. The third-order valence-corrected chi connectivity index (χ3v) is 11.6. The lowest BCUT2D eigenvalue weighted by Crippen LogP contribution is -2.05. The highest BCUT2D eigenvalue weighted by Gasteiger charge is 2.20. The lowest BCUT2D eigenvalue weighted by molar-refractivity contribution is 0.579. The van der Waals surface area contributed by atoms with Crippen LogP contribution in [0.25, 0.3) is 56.0 Å². The Kier molecular flexibility index (Phi) is 35.4. The molecule has 0 aliphatic heterocycles. The zero-order valence-electron chi connectivity index (χ0n) is 55.6. The van der Waals surface area contributed by atoms with E-state index in [9.17, 15) is 17.6 Å². The lowest BCUT2D eigenvalue weighted by atomic mass is 10.2. The van der Waals surface area contributed by atoms with E-state index in [-0.39, 0.29) is 54.1 Å². The average molecular weight is 1280 g/mol. The minimum atomic E-state index is -0.346. The van der Waals surface area contributed by atoms with E-state index in [4.69, 9.17) is 13.1 Å². The summed E-state index contributed by atoms with van der Waals surface area (Å²) in [5, 5.41) is 17.2. The minimum Gasteiger partial charge on any atom is -0.395 e. The third-order valence-electron chi connectivity index (χ3n) is 11.6. The van der Waals surface area contributed by atoms with Gasteiger partial charge in [-0.25, -0.2) is 56.8 Å². The summed E-state index contributed by atoms with van der Waals surface area (Å²) in [6.07, 6.45) is 9.73. The van der Waals surface area contributed by atoms with Gasteiger partial charge in [0.15, 0.2) is 11.6 Å². The summed E-state index contributed by atoms with van der Waals surface area (Å²) in [6.45, 7) is 43.0. The van der Waals surface area contributed by atoms with Crippen molar-refractivity contribution in [3.05, 3.63) is 263 Å². The number of hydrogen-bond acceptors (Lipinski definition) is 14. The topological polar surface area (TPSA) is 209 Å². The molecule has 0 fully saturated rings. The van der Waals surface area contributed by atoms with Crippen LogP contribution in [0.3, 0.4) is 0 Å². The van der Waals surface area contributed by atoms with Gasteiger partial charge in [-0.1, -0.05) is 178 Å². The van der Waals surface area contributed by atoms with Gasteiger partial charge in [-0.2, -0.15) is 9.36 Å². The number of benzene rings is 4. The molecule has 8 heterocycles. The molecule has 0 aliphatic carbocycles. The van der Waals surface area contributed by atoms with Crippen LogP contribution in [0.1, 0.15) is 117 Å². The molecule has 20 nitrogen and oxygen atoms in total. The van der Waals surface area contributed by atoms with E-state index in [1.807, 2.05) is 127 Å². The first kappa shape index (κ1) is 76.8. The third kappa shape index (κ3) is 23.1. The Morgan fingerprint density at radius 1 is 0.298 bits per heavy atom. The van der Waals surface area contributed by atoms with Crippen molar-refractivity contribution in [2.24, 2.45) is 0 Å². The molecule has 94 heavy (non-hydrogen) atoms. The molecule has 0 bridgehead atoms. The molecule has 12 rings (SSSR count). The first-order chi connectivity index (χ1) is 46.0. The molecule has 0 unspecified atom stereocenters. The number of aromatic nitrogens is 18. The summed E-state index contributed by atoms with van der Waals surface area (Å²) in [4.78, 5) is 48.2. The van der Waals surface area contributed by atoms with Crippen LogP contribution in [0.2, 0.25) is 0 Å². The first-order valence-electron chi connectivity index (χ1n) is 30.8. The zero-order valence-corrected chi connectivity index (χ0v) is 55.6. The molecule has 0 aliphatic rings. The highest BCUT2D eigenvalue weighted by atomic mass is 19.1. The van der Waals surface area contributed by atoms with Crippen molar-refractivity contribution in [1.82, 2.24) is 89.0 Å². The number of rotatable bonds is 12. The van der Waals surface area contributed by atoms with Crippen molar-refractivity contribution < 1.29 is 17.6 Å². The van der Waals surface area contributed by atoms with Gasteiger partial charge in [-0.05, 0) is 74.5 Å². The largest absolute Gasteiger partial charge is 0.395 e. The fourth-order valence-corrected chi connectivity index (χ4v) is 7.56. The van der Waals surface area contributed by atoms with Crippen LogP contribution in [0.4, 0.5) is 29.5 Å². The number of halogens is 4. The Morgan fingerprint density at radius 2 is 0.553 bits per heavy atom. The molecule has 0 spiro atoms. The van der Waals surface area contributed by atoms with Crippen molar-refractivity contribution >= 4 is 11.9 Å². The van der Waals surface area contributed by atoms with E-state index in [1.54, 1.807) is 138 Å². The van der Waals surface area contributed by atoms with Gasteiger partial charge in [0.2, 0.25) is 11.6 Å². The highest BCUT2D eigenvalue weighted by Crippen LogP contribution is 2.22. The summed E-state index contributed by atoms with van der Waals surface area (Å²) in [5.41, 5.74) is 3.35. The molecule has 24 heteroatoms. The van der Waals surface area contributed by atoms with E-state index < -0.39 is 0 Å². The quantitative estimate of drug-likeness (QED) is 0.0823. The molecular weight excluding hydrogens is 1200 g/mol. The predicted octanol–water partition coefficient (Wildman–Crippen LogP) is 16.8. The van der Waals surface area contributed by atoms with Gasteiger partial charge < -0.3 is 9.69 Å². The molecule has 0 radical (unpaired) electrons. The van der Waals surface area contributed by atoms with E-state index >= 15 is 0 Å². The molecule has 488 valence electrons. The summed E-state index contributed by atoms with van der Waals surface area (Å²) >= 11 is 0. The fourth-order valence-electron chi connectivity index (χ4n) is 7.56. The maximum absolute atomic E-state index is 13.7. The smallest absolute Gasteiger partial charge is 0.360 e. The molecule has 8 aromatic heterocycles. The van der Waals surface area contributed by atoms with Gasteiger partial charge in [-0.15, -0.1) is 33.3 Å². The molecule has 0 saturated heterocycles. The fraction of sp³-hybridized carbons (Fsp3) is 0.257. The van der Waals surface area contributed by atoms with Crippen molar-refractivity contribution in [2.45, 2.75) is 123 Å². The lowest BCUT2D eigenvalue weighted by Gasteiger charge is -2.04. The normalized spacial score (nSPS) is 9.53. The van der Waals surface area contributed by atoms with Crippen molar-refractivity contribution in [1.29, 1.82) is 0 Å². The van der Waals surface area contributed by atoms with Crippen LogP contribution in [0.15, 0.2) is 183 Å². The highest BCUT2D eigenvalue weighted by molar-refractivity contribution is 5.51. The van der Waals surface area contributed by atoms with E-state index in [1.165, 1.54) is 33.6 Å². The van der Waals surface area contributed by atoms with Crippen molar-refractivity contribution in [3.8, 4) is 46.3 Å². The molecule has 0 saturated carbocycles. The first-order valence-corrected chi connectivity index (χ1v) is 30.8. The van der Waals surface area contributed by atoms with Crippen molar-refractivity contribution in [2.75, 3.05) is 0 Å². The number of nitrogens with zero attached hydrogens (tertiary/aromatic N) is 20. The minimum absolute atomic E-state index is 0.0701. The van der Waals surface area contributed by atoms with Crippen LogP contribution in [-0.2, 0) is 26.2 Å². The monoisotopic (exact) mass is 1280 g/mol. The molecule has 0 N–H and O–H groups in total. The molecule has 0 amide bonds. The second-order valence-electron chi connectivity index (χ2n) is 17.2. The molecular formula is C70H80F4N20. The van der Waals surface area contributed by atoms with Gasteiger partial charge in [-0.3, -0.25) is 9.97 Å². The maximum Gasteiger partial charge on any atom is 0.360 e. The average Bonchev–Trinajstić information content (AvgIpc) is 1.84. The number of aryl methyl sites for hydroxylation is 2. The van der Waals surface area contributed by atoms with Gasteiger partial charge in [0.25, 0.3) is 11.6 Å². The Labute approximate surface area is 548 Å². The van der Waals surface area contributed by atoms with Gasteiger partial charge in [0.1, 0.15) is 59.4 Å². The molecule has 0 atom stereocenters. The standard InChI is InChI=1S/C15H10FN5.C15H13FN4.C14H9FN6.C14H12FN5.6C2H6/c1-17-15-19-14(13-8-4-5-9-18-13)20-21(15)10-11-6-2-3-7-12(11)16;1-11-18-15(14-8-4-5-9-17-14)19-20(11)10-12-6-2-3-7-13(12)16;1-16-14-19-13(12-17-7-4-8-18-12)20-21(14)9-10-5-2-3-6-11(10)15;1-10-18-14(13-16-7-4-8-17-13)19-20(10)9-11-5-2-3-6-12(11)15;6*1-2/h2-9H,10H2;2-9H,10H2,1H3;2-8H,9H2;2-8H,9H2,1H3;6*1-2H3. The SMILES string of the molecule is CC.CC.CC.CC.CC.CC.Cc1nc(-c2ccccn2)nn1Cc1ccccc1F.Cc1nc(-c2ncccn2)nn1Cc1ccccc1F.[C-]#[N+]c1nc(-c2ccccn2)nn1Cc1ccccc1F.[C-]#[N+]c1nc(-c2ncccn2)nn1Cc1ccccc1F. The molecule has 12 aromatic rings. The Bertz CT molecular complexity index is 3860. The second-order valence-corrected chi connectivity index (χ2v) is 17.2. The van der Waals surface area contributed by atoms with E-state index in [2.05, 4.69) is 79.9 Å². The van der Waals surface area contributed by atoms with Crippen LogP contribution in [0, 0.1) is 50.3 Å². The van der Waals surface area contributed by atoms with Gasteiger partial charge >= 0.3 is 11.9 Å². The van der Waals surface area contributed by atoms with E-state index in [0.29, 0.717) is 81.7 Å². The Morgan fingerprint density at radius 3 is 0.883 bits per heavy atom. The van der Waals surface area contributed by atoms with E-state index in [0.717, 1.165) is 5.82 Å². The van der Waals surface area contributed by atoms with Crippen LogP contribution in [0.5, 0.6) is 0 Å². The molecule has 4 aromatic carbocycles. The van der Waals surface area contributed by atoms with Crippen molar-refractivity contribution in [3.63, 3.8) is 0 Å². The van der Waals surface area contributed by atoms with Gasteiger partial charge in [0.05, 0.1) is 13.1 Å². The van der Waals surface area contributed by atoms with Crippen LogP contribution < -0.4 is 0 Å². The van der Waals surface area contributed by atoms with Crippen LogP contribution in [-0.4, -0.2) is 89.0 Å². The summed E-state index contributed by atoms with van der Waals surface area (Å²) in [6, 6.07) is 40.4. The van der Waals surface area contributed by atoms with Gasteiger partial charge in [0, 0.05) is 59.4 Å². The Hall–Kier alpha value is -11.4. The zero-order chi connectivity index (χ0) is 69.2. The Balaban J connectivity index is 0.000000310. The maximum atomic E-state index is 13.7. The number of pyridine rings is 2.